The van der Waals surface area contributed by atoms with Crippen LogP contribution in [0.3, 0.4) is 0 Å². The van der Waals surface area contributed by atoms with E-state index in [0.717, 1.165) is 5.69 Å². The van der Waals surface area contributed by atoms with Gasteiger partial charge in [0.2, 0.25) is 0 Å². The molecule has 31 heavy (non-hydrogen) atoms. The zero-order valence-electron chi connectivity index (χ0n) is 16.9. The molecule has 0 bridgehead atoms. The molecule has 1 fully saturated rings. The lowest BCUT2D eigenvalue weighted by Gasteiger charge is -2.31. The number of aliphatic hydroxyl groups excluding tert-OH is 1. The molecular formula is C20H23N7O4. The number of nitrogens with zero attached hydrogens (tertiary/aromatic N) is 3. The number of carbonyl (C=O) groups excluding carboxylic acids is 1. The van der Waals surface area contributed by atoms with Crippen LogP contribution in [0, 0.1) is 0 Å². The van der Waals surface area contributed by atoms with Gasteiger partial charge in [-0.25, -0.2) is 9.78 Å². The lowest BCUT2D eigenvalue weighted by Crippen LogP contribution is -2.48. The van der Waals surface area contributed by atoms with Gasteiger partial charge in [0.1, 0.15) is 30.5 Å². The first-order valence-corrected chi connectivity index (χ1v) is 10.1. The highest BCUT2D eigenvalue weighted by molar-refractivity contribution is 5.93. The summed E-state index contributed by atoms with van der Waals surface area (Å²) in [6.07, 6.45) is 2.33. The molecule has 1 saturated carbocycles. The van der Waals surface area contributed by atoms with Crippen LogP contribution in [0.15, 0.2) is 30.5 Å². The minimum absolute atomic E-state index is 0.0265. The van der Waals surface area contributed by atoms with Crippen LogP contribution in [0.5, 0.6) is 11.5 Å². The van der Waals surface area contributed by atoms with Gasteiger partial charge in [0, 0.05) is 19.2 Å². The zero-order valence-corrected chi connectivity index (χ0v) is 16.9. The predicted molar refractivity (Wildman–Crippen MR) is 114 cm³/mol. The minimum Gasteiger partial charge on any atom is -0.486 e. The summed E-state index contributed by atoms with van der Waals surface area (Å²) in [5.74, 6) is 2.54. The van der Waals surface area contributed by atoms with E-state index in [1.807, 2.05) is 24.3 Å². The van der Waals surface area contributed by atoms with Gasteiger partial charge < -0.3 is 35.8 Å². The number of carbonyl (C=O) groups is 1. The Kier molecular flexibility index (Phi) is 4.86. The summed E-state index contributed by atoms with van der Waals surface area (Å²) in [4.78, 5) is 17.0. The Balaban J connectivity index is 1.42. The number of ether oxygens (including phenoxy) is 2. The number of aliphatic hydroxyl groups is 1. The highest BCUT2D eigenvalue weighted by atomic mass is 16.6. The number of amides is 2. The summed E-state index contributed by atoms with van der Waals surface area (Å²) in [6.45, 7) is 0.987. The molecule has 3 aromatic rings. The summed E-state index contributed by atoms with van der Waals surface area (Å²) in [5, 5.41) is 25.7. The van der Waals surface area contributed by atoms with Crippen LogP contribution in [-0.2, 0) is 0 Å². The smallest absolute Gasteiger partial charge is 0.319 e. The van der Waals surface area contributed by atoms with Crippen LogP contribution in [0.25, 0.3) is 5.65 Å². The van der Waals surface area contributed by atoms with Gasteiger partial charge in [0.15, 0.2) is 17.1 Å². The predicted octanol–water partition coefficient (Wildman–Crippen LogP) is 1.93. The molecule has 162 valence electrons. The first kappa shape index (κ1) is 19.2. The number of rotatable bonds is 5. The number of fused-ring (bicyclic) bond motifs is 2. The van der Waals surface area contributed by atoms with Crippen molar-refractivity contribution in [3.8, 4) is 11.5 Å². The average Bonchev–Trinajstić information content (AvgIpc) is 3.15. The average molecular weight is 425 g/mol. The van der Waals surface area contributed by atoms with Gasteiger partial charge in [0.05, 0.1) is 18.0 Å². The van der Waals surface area contributed by atoms with E-state index in [1.165, 1.54) is 0 Å². The molecule has 0 radical (unpaired) electrons. The van der Waals surface area contributed by atoms with E-state index in [9.17, 15) is 9.90 Å². The van der Waals surface area contributed by atoms with Crippen LogP contribution in [0.4, 0.5) is 27.8 Å². The Bertz CT molecular complexity index is 1130. The zero-order chi connectivity index (χ0) is 21.4. The van der Waals surface area contributed by atoms with Crippen molar-refractivity contribution in [3.63, 3.8) is 0 Å². The second-order valence-electron chi connectivity index (χ2n) is 7.45. The first-order valence-electron chi connectivity index (χ1n) is 10.1. The molecule has 5 N–H and O–H groups in total. The summed E-state index contributed by atoms with van der Waals surface area (Å²) >= 11 is 0. The van der Waals surface area contributed by atoms with Crippen molar-refractivity contribution >= 4 is 34.7 Å². The summed E-state index contributed by atoms with van der Waals surface area (Å²) < 4.78 is 13.0. The highest BCUT2D eigenvalue weighted by Gasteiger charge is 2.28. The van der Waals surface area contributed by atoms with Gasteiger partial charge in [-0.15, -0.1) is 0 Å². The largest absolute Gasteiger partial charge is 0.486 e. The fourth-order valence-corrected chi connectivity index (χ4v) is 3.65. The Morgan fingerprint density at radius 1 is 1.23 bits per heavy atom. The van der Waals surface area contributed by atoms with Crippen molar-refractivity contribution in [2.45, 2.75) is 25.0 Å². The third-order valence-corrected chi connectivity index (χ3v) is 5.25. The highest BCUT2D eigenvalue weighted by Crippen LogP contribution is 2.38. The molecular weight excluding hydrogens is 402 g/mol. The normalized spacial score (nSPS) is 19.4. The second kappa shape index (κ2) is 7.84. The van der Waals surface area contributed by atoms with E-state index in [-0.39, 0.29) is 18.2 Å². The van der Waals surface area contributed by atoms with Gasteiger partial charge in [0.25, 0.3) is 0 Å². The van der Waals surface area contributed by atoms with Crippen molar-refractivity contribution in [2.75, 3.05) is 36.2 Å². The number of benzene rings is 1. The van der Waals surface area contributed by atoms with Gasteiger partial charge in [-0.3, -0.25) is 0 Å². The second-order valence-corrected chi connectivity index (χ2v) is 7.45. The third-order valence-electron chi connectivity index (χ3n) is 5.25. The summed E-state index contributed by atoms with van der Waals surface area (Å²) in [5.41, 5.74) is 1.67. The fourth-order valence-electron chi connectivity index (χ4n) is 3.65. The number of hydrogen-bond donors (Lipinski definition) is 5. The third kappa shape index (κ3) is 3.75. The van der Waals surface area contributed by atoms with Crippen LogP contribution in [-0.4, -0.2) is 58.1 Å². The van der Waals surface area contributed by atoms with Gasteiger partial charge >= 0.3 is 6.03 Å². The van der Waals surface area contributed by atoms with E-state index in [1.54, 1.807) is 17.8 Å². The van der Waals surface area contributed by atoms with Gasteiger partial charge in [-0.2, -0.15) is 9.61 Å². The molecule has 1 aliphatic carbocycles. The number of nitrogens with one attached hydrogen (secondary N) is 4. The molecule has 2 aliphatic rings. The minimum atomic E-state index is -0.361. The van der Waals surface area contributed by atoms with Crippen molar-refractivity contribution in [1.29, 1.82) is 0 Å². The molecule has 5 rings (SSSR count). The number of anilines is 4. The SMILES string of the molecule is CNc1cc(Nc2cccc3c2OCCO3)nc2c(NC(=O)NC3CC(O)C3)cnn12. The molecule has 11 heteroatoms. The Morgan fingerprint density at radius 2 is 2.06 bits per heavy atom. The molecule has 2 amide bonds. The number of urea groups is 1. The Morgan fingerprint density at radius 3 is 2.87 bits per heavy atom. The molecule has 1 aliphatic heterocycles. The monoisotopic (exact) mass is 425 g/mol. The molecule has 2 aromatic heterocycles. The lowest BCUT2D eigenvalue weighted by molar-refractivity contribution is 0.0671. The molecule has 3 heterocycles. The lowest BCUT2D eigenvalue weighted by atomic mass is 9.90. The van der Waals surface area contributed by atoms with Crippen LogP contribution >= 0.6 is 0 Å². The molecule has 0 unspecified atom stereocenters. The van der Waals surface area contributed by atoms with E-state index >= 15 is 0 Å². The van der Waals surface area contributed by atoms with Crippen molar-refractivity contribution in [1.82, 2.24) is 19.9 Å². The van der Waals surface area contributed by atoms with Crippen LogP contribution in [0.2, 0.25) is 0 Å². The fraction of sp³-hybridized carbons (Fsp3) is 0.350. The maximum Gasteiger partial charge on any atom is 0.319 e. The van der Waals surface area contributed by atoms with Gasteiger partial charge in [-0.05, 0) is 25.0 Å². The quantitative estimate of drug-likeness (QED) is 0.419. The van der Waals surface area contributed by atoms with E-state index in [2.05, 4.69) is 31.3 Å². The molecule has 0 spiro atoms. The maximum absolute atomic E-state index is 12.3. The number of aromatic nitrogens is 3. The summed E-state index contributed by atoms with van der Waals surface area (Å²) in [6, 6.07) is 7.04. The van der Waals surface area contributed by atoms with Crippen LogP contribution in [0.1, 0.15) is 12.8 Å². The Labute approximate surface area is 177 Å². The molecule has 1 aromatic carbocycles. The first-order chi connectivity index (χ1) is 15.1. The van der Waals surface area contributed by atoms with E-state index in [0.29, 0.717) is 60.5 Å². The van der Waals surface area contributed by atoms with Gasteiger partial charge in [-0.1, -0.05) is 6.07 Å². The van der Waals surface area contributed by atoms with Crippen molar-refractivity contribution in [3.05, 3.63) is 30.5 Å². The molecule has 0 saturated heterocycles. The Hall–Kier alpha value is -3.73. The van der Waals surface area contributed by atoms with Crippen molar-refractivity contribution < 1.29 is 19.4 Å². The molecule has 11 nitrogen and oxygen atoms in total. The topological polar surface area (TPSA) is 134 Å². The van der Waals surface area contributed by atoms with Crippen molar-refractivity contribution in [2.24, 2.45) is 0 Å². The summed E-state index contributed by atoms with van der Waals surface area (Å²) in [7, 11) is 1.78. The van der Waals surface area contributed by atoms with E-state index in [4.69, 9.17) is 9.47 Å². The van der Waals surface area contributed by atoms with E-state index < -0.39 is 0 Å². The number of para-hydroxylation sites is 1. The van der Waals surface area contributed by atoms with Crippen LogP contribution < -0.4 is 30.7 Å². The number of hydrogen-bond acceptors (Lipinski definition) is 8. The maximum atomic E-state index is 12.3. The molecule has 0 atom stereocenters. The standard InChI is InChI=1S/C20H23N7O4/c1-21-17-9-16(24-13-3-2-4-15-18(13)31-6-5-30-15)26-19-14(10-22-27(17)19)25-20(29)23-11-7-12(28)8-11/h2-4,9-12,21,28H,5-8H2,1H3,(H,24,26)(H2,23,25,29).